The number of carbonyl (C=O) groups excluding carboxylic acids is 2. The first kappa shape index (κ1) is 21.7. The Morgan fingerprint density at radius 1 is 1.21 bits per heavy atom. The Morgan fingerprint density at radius 3 is 2.39 bits per heavy atom. The predicted octanol–water partition coefficient (Wildman–Crippen LogP) is 2.92. The monoisotopic (exact) mass is 406 g/mol. The number of nitrogens with one attached hydrogen (secondary N) is 1. The van der Waals surface area contributed by atoms with Gasteiger partial charge in [-0.2, -0.15) is 0 Å². The van der Waals surface area contributed by atoms with E-state index >= 15 is 0 Å². The lowest BCUT2D eigenvalue weighted by Gasteiger charge is -2.35. The third-order valence-corrected chi connectivity index (χ3v) is 4.33. The third-order valence-electron chi connectivity index (χ3n) is 3.99. The number of piperazine rings is 1. The van der Waals surface area contributed by atoms with Crippen molar-refractivity contribution in [2.45, 2.75) is 39.3 Å². The first-order valence-electron chi connectivity index (χ1n) is 9.15. The smallest absolute Gasteiger partial charge is 0.410 e. The van der Waals surface area contributed by atoms with Gasteiger partial charge in [-0.25, -0.2) is 9.59 Å². The molecular formula is C20H27ClN4O3. The molecule has 3 amide bonds. The molecule has 152 valence electrons. The molecule has 1 unspecified atom stereocenters. The lowest BCUT2D eigenvalue weighted by atomic mass is 10.2. The molecule has 1 heterocycles. The second kappa shape index (κ2) is 9.07. The summed E-state index contributed by atoms with van der Waals surface area (Å²) in [6.07, 6.45) is -0.353. The normalized spacial score (nSPS) is 15.3. The molecule has 0 spiro atoms. The van der Waals surface area contributed by atoms with Crippen LogP contribution in [0.5, 0.6) is 0 Å². The summed E-state index contributed by atoms with van der Waals surface area (Å²) in [5, 5.41) is 3.33. The highest BCUT2D eigenvalue weighted by Crippen LogP contribution is 2.18. The molecular weight excluding hydrogens is 380 g/mol. The van der Waals surface area contributed by atoms with Crippen LogP contribution in [0.25, 0.3) is 0 Å². The lowest BCUT2D eigenvalue weighted by molar-refractivity contribution is 0.0169. The van der Waals surface area contributed by atoms with Gasteiger partial charge in [0.1, 0.15) is 5.60 Å². The van der Waals surface area contributed by atoms with Gasteiger partial charge in [-0.3, -0.25) is 0 Å². The molecule has 1 aliphatic rings. The number of carbonyl (C=O) groups is 2. The maximum Gasteiger partial charge on any atom is 0.410 e. The number of ether oxygens (including phenoxy) is 1. The molecule has 1 fully saturated rings. The molecule has 1 aromatic rings. The number of nitrogens with two attached hydrogens (primary N) is 1. The van der Waals surface area contributed by atoms with Crippen LogP contribution in [0.3, 0.4) is 0 Å². The summed E-state index contributed by atoms with van der Waals surface area (Å²) in [6.45, 7) is 9.05. The molecule has 2 rings (SSSR count). The van der Waals surface area contributed by atoms with Crippen molar-refractivity contribution < 1.29 is 14.3 Å². The second-order valence-corrected chi connectivity index (χ2v) is 8.04. The van der Waals surface area contributed by atoms with E-state index in [-0.39, 0.29) is 18.2 Å². The highest BCUT2D eigenvalue weighted by Gasteiger charge is 2.27. The van der Waals surface area contributed by atoms with Crippen molar-refractivity contribution >= 4 is 29.4 Å². The number of hydrogen-bond acceptors (Lipinski definition) is 4. The van der Waals surface area contributed by atoms with E-state index in [1.54, 1.807) is 34.9 Å². The second-order valence-electron chi connectivity index (χ2n) is 7.63. The van der Waals surface area contributed by atoms with Crippen LogP contribution in [0, 0.1) is 11.8 Å². The quantitative estimate of drug-likeness (QED) is 0.554. The van der Waals surface area contributed by atoms with Crippen LogP contribution < -0.4 is 11.1 Å². The molecule has 8 heteroatoms. The fraction of sp³-hybridized carbons (Fsp3) is 0.500. The Kier molecular flexibility index (Phi) is 7.03. The molecule has 0 bridgehead atoms. The minimum absolute atomic E-state index is 0.207. The molecule has 0 aliphatic carbocycles. The van der Waals surface area contributed by atoms with Crippen molar-refractivity contribution in [3.8, 4) is 11.8 Å². The van der Waals surface area contributed by atoms with Crippen LogP contribution in [0.4, 0.5) is 15.3 Å². The minimum Gasteiger partial charge on any atom is -0.444 e. The number of nitrogen functional groups attached to an aromatic ring is 1. The molecule has 3 N–H and O–H groups in total. The van der Waals surface area contributed by atoms with Crippen molar-refractivity contribution in [1.82, 2.24) is 15.1 Å². The van der Waals surface area contributed by atoms with Crippen molar-refractivity contribution in [1.29, 1.82) is 0 Å². The largest absolute Gasteiger partial charge is 0.444 e. The fourth-order valence-electron chi connectivity index (χ4n) is 2.54. The van der Waals surface area contributed by atoms with Gasteiger partial charge in [-0.1, -0.05) is 23.4 Å². The number of rotatable bonds is 1. The number of urea groups is 1. The number of hydrogen-bond donors (Lipinski definition) is 2. The summed E-state index contributed by atoms with van der Waals surface area (Å²) in [5.41, 5.74) is 6.42. The maximum atomic E-state index is 12.4. The third kappa shape index (κ3) is 6.54. The highest BCUT2D eigenvalue weighted by molar-refractivity contribution is 6.33. The van der Waals surface area contributed by atoms with E-state index < -0.39 is 5.60 Å². The van der Waals surface area contributed by atoms with Crippen LogP contribution in [0.15, 0.2) is 18.2 Å². The zero-order valence-corrected chi connectivity index (χ0v) is 17.5. The van der Waals surface area contributed by atoms with E-state index in [0.29, 0.717) is 36.9 Å². The van der Waals surface area contributed by atoms with Gasteiger partial charge in [0.15, 0.2) is 0 Å². The van der Waals surface area contributed by atoms with E-state index in [2.05, 4.69) is 17.2 Å². The summed E-state index contributed by atoms with van der Waals surface area (Å²) < 4.78 is 5.36. The molecule has 1 aliphatic heterocycles. The number of amides is 3. The summed E-state index contributed by atoms with van der Waals surface area (Å²) in [4.78, 5) is 27.8. The zero-order valence-electron chi connectivity index (χ0n) is 16.7. The molecule has 1 aromatic carbocycles. The molecule has 0 saturated carbocycles. The average Bonchev–Trinajstić information content (AvgIpc) is 2.61. The van der Waals surface area contributed by atoms with Gasteiger partial charge in [0.25, 0.3) is 0 Å². The fourth-order valence-corrected chi connectivity index (χ4v) is 2.66. The van der Waals surface area contributed by atoms with E-state index in [1.165, 1.54) is 0 Å². The molecule has 0 radical (unpaired) electrons. The van der Waals surface area contributed by atoms with E-state index in [1.807, 2.05) is 20.8 Å². The first-order valence-corrected chi connectivity index (χ1v) is 9.53. The van der Waals surface area contributed by atoms with Gasteiger partial charge in [-0.05, 0) is 45.9 Å². The topological polar surface area (TPSA) is 87.9 Å². The molecule has 1 saturated heterocycles. The Hall–Kier alpha value is -2.59. The van der Waals surface area contributed by atoms with Crippen molar-refractivity contribution in [3.63, 3.8) is 0 Å². The molecule has 0 aromatic heterocycles. The predicted molar refractivity (Wildman–Crippen MR) is 110 cm³/mol. The summed E-state index contributed by atoms with van der Waals surface area (Å²) in [5.74, 6) is 5.95. The highest BCUT2D eigenvalue weighted by atomic mass is 35.5. The van der Waals surface area contributed by atoms with Crippen LogP contribution in [-0.4, -0.2) is 59.7 Å². The molecule has 7 nitrogen and oxygen atoms in total. The summed E-state index contributed by atoms with van der Waals surface area (Å²) in [7, 11) is 0. The van der Waals surface area contributed by atoms with Gasteiger partial charge >= 0.3 is 12.1 Å². The zero-order chi connectivity index (χ0) is 20.9. The van der Waals surface area contributed by atoms with E-state index in [4.69, 9.17) is 22.1 Å². The maximum absolute atomic E-state index is 12.4. The van der Waals surface area contributed by atoms with Gasteiger partial charge in [0.2, 0.25) is 0 Å². The van der Waals surface area contributed by atoms with E-state index in [0.717, 1.165) is 5.56 Å². The van der Waals surface area contributed by atoms with Gasteiger partial charge in [-0.15, -0.1) is 0 Å². The van der Waals surface area contributed by atoms with Crippen LogP contribution in [0.1, 0.15) is 33.3 Å². The van der Waals surface area contributed by atoms with Crippen molar-refractivity contribution in [2.75, 3.05) is 31.9 Å². The Bertz CT molecular complexity index is 787. The van der Waals surface area contributed by atoms with Gasteiger partial charge in [0, 0.05) is 31.7 Å². The average molecular weight is 407 g/mol. The SMILES string of the molecule is CC(C#Cc1ccc(Cl)c(N)c1)NC(=O)N1CCN(C(=O)OC(C)(C)C)CC1. The molecule has 1 atom stereocenters. The number of anilines is 1. The van der Waals surface area contributed by atoms with Crippen LogP contribution in [0.2, 0.25) is 5.02 Å². The molecule has 28 heavy (non-hydrogen) atoms. The number of nitrogens with zero attached hydrogens (tertiary/aromatic N) is 2. The first-order chi connectivity index (χ1) is 13.0. The van der Waals surface area contributed by atoms with Crippen molar-refractivity contribution in [3.05, 3.63) is 28.8 Å². The van der Waals surface area contributed by atoms with Gasteiger partial charge < -0.3 is 25.6 Å². The number of benzene rings is 1. The van der Waals surface area contributed by atoms with Gasteiger partial charge in [0.05, 0.1) is 16.8 Å². The summed E-state index contributed by atoms with van der Waals surface area (Å²) >= 11 is 5.89. The lowest BCUT2D eigenvalue weighted by Crippen LogP contribution is -2.54. The standard InChI is InChI=1S/C20H27ClN4O3/c1-14(5-6-15-7-8-16(21)17(22)13-15)23-18(26)24-9-11-25(12-10-24)19(27)28-20(2,3)4/h7-8,13-14H,9-12,22H2,1-4H3,(H,23,26). The Labute approximate surface area is 171 Å². The van der Waals surface area contributed by atoms with Crippen LogP contribution >= 0.6 is 11.6 Å². The van der Waals surface area contributed by atoms with Crippen LogP contribution in [-0.2, 0) is 4.74 Å². The Balaban J connectivity index is 1.83. The number of halogens is 1. The van der Waals surface area contributed by atoms with Crippen molar-refractivity contribution in [2.24, 2.45) is 0 Å². The summed E-state index contributed by atoms with van der Waals surface area (Å²) in [6, 6.07) is 4.61. The Morgan fingerprint density at radius 2 is 1.82 bits per heavy atom. The van der Waals surface area contributed by atoms with E-state index in [9.17, 15) is 9.59 Å². The minimum atomic E-state index is -0.533.